The quantitative estimate of drug-likeness (QED) is 0.584. The monoisotopic (exact) mass is 149 g/mol. The molecule has 0 N–H and O–H groups in total. The molecule has 0 saturated carbocycles. The largest absolute Gasteiger partial charge is 0.356 e. The zero-order chi connectivity index (χ0) is 7.68. The van der Waals surface area contributed by atoms with Gasteiger partial charge in [-0.2, -0.15) is 0 Å². The van der Waals surface area contributed by atoms with Gasteiger partial charge in [-0.25, -0.2) is 0 Å². The molecule has 0 aromatic carbocycles. The highest BCUT2D eigenvalue weighted by molar-refractivity contribution is 5.35. The normalized spacial score (nSPS) is 15.0. The minimum Gasteiger partial charge on any atom is -0.356 e. The van der Waals surface area contributed by atoms with Gasteiger partial charge in [-0.05, 0) is 25.3 Å². The Balaban J connectivity index is 2.73. The van der Waals surface area contributed by atoms with Crippen LogP contribution >= 0.6 is 0 Å². The first kappa shape index (κ1) is 6.65. The third-order valence-electron chi connectivity index (χ3n) is 2.01. The van der Waals surface area contributed by atoms with Crippen LogP contribution in [0.5, 0.6) is 0 Å². The molecule has 0 saturated heterocycles. The lowest BCUT2D eigenvalue weighted by atomic mass is 10.1. The van der Waals surface area contributed by atoms with E-state index in [1.165, 1.54) is 5.22 Å². The molecule has 0 unspecified atom stereocenters. The fraction of sp³-hybridized carbons (Fsp3) is 0.444. The minimum atomic E-state index is 0.961. The molecule has 0 bridgehead atoms. The molecule has 0 atom stereocenters. The molecule has 2 heteroatoms. The Kier molecular flexibility index (Phi) is 1.53. The SMILES string of the molecule is CCc1noc2c1=CCCC=2. The average molecular weight is 149 g/mol. The summed E-state index contributed by atoms with van der Waals surface area (Å²) in [5.74, 6) is 0. The van der Waals surface area contributed by atoms with E-state index >= 15 is 0 Å². The second-order valence-electron chi connectivity index (χ2n) is 2.75. The zero-order valence-electron chi connectivity index (χ0n) is 6.63. The lowest BCUT2D eigenvalue weighted by Crippen LogP contribution is -2.24. The average Bonchev–Trinajstić information content (AvgIpc) is 2.47. The van der Waals surface area contributed by atoms with Crippen LogP contribution in [0.3, 0.4) is 0 Å². The molecule has 0 spiro atoms. The van der Waals surface area contributed by atoms with Crippen molar-refractivity contribution in [2.24, 2.45) is 0 Å². The van der Waals surface area contributed by atoms with Crippen LogP contribution in [0.2, 0.25) is 0 Å². The van der Waals surface area contributed by atoms with Crippen LogP contribution in [0.15, 0.2) is 4.52 Å². The molecule has 1 aliphatic carbocycles. The fourth-order valence-corrected chi connectivity index (χ4v) is 1.41. The highest BCUT2D eigenvalue weighted by atomic mass is 16.5. The molecule has 1 aromatic rings. The molecule has 11 heavy (non-hydrogen) atoms. The van der Waals surface area contributed by atoms with E-state index < -0.39 is 0 Å². The second-order valence-corrected chi connectivity index (χ2v) is 2.75. The van der Waals surface area contributed by atoms with Gasteiger partial charge < -0.3 is 4.52 Å². The van der Waals surface area contributed by atoms with Gasteiger partial charge >= 0.3 is 0 Å². The zero-order valence-corrected chi connectivity index (χ0v) is 6.63. The number of rotatable bonds is 1. The minimum absolute atomic E-state index is 0.961. The van der Waals surface area contributed by atoms with Crippen molar-refractivity contribution in [1.29, 1.82) is 0 Å². The van der Waals surface area contributed by atoms with Crippen LogP contribution in [0, 0.1) is 0 Å². The Morgan fingerprint density at radius 3 is 3.09 bits per heavy atom. The maximum atomic E-state index is 5.14. The van der Waals surface area contributed by atoms with Gasteiger partial charge in [-0.15, -0.1) is 0 Å². The van der Waals surface area contributed by atoms with Gasteiger partial charge in [0, 0.05) is 5.22 Å². The summed E-state index contributed by atoms with van der Waals surface area (Å²) in [7, 11) is 0. The van der Waals surface area contributed by atoms with Crippen LogP contribution in [0.1, 0.15) is 25.5 Å². The van der Waals surface area contributed by atoms with Crippen molar-refractivity contribution in [3.05, 3.63) is 16.3 Å². The van der Waals surface area contributed by atoms with Crippen molar-refractivity contribution in [3.8, 4) is 0 Å². The number of hydrogen-bond acceptors (Lipinski definition) is 2. The van der Waals surface area contributed by atoms with E-state index in [1.807, 2.05) is 0 Å². The molecule has 1 aromatic heterocycles. The summed E-state index contributed by atoms with van der Waals surface area (Å²) in [5.41, 5.74) is 2.06. The molecule has 0 fully saturated rings. The van der Waals surface area contributed by atoms with E-state index in [0.29, 0.717) is 0 Å². The van der Waals surface area contributed by atoms with Crippen molar-refractivity contribution < 1.29 is 4.52 Å². The first-order valence-corrected chi connectivity index (χ1v) is 4.06. The fourth-order valence-electron chi connectivity index (χ4n) is 1.41. The Labute approximate surface area is 65.2 Å². The second kappa shape index (κ2) is 2.53. The standard InChI is InChI=1S/C9H11NO/c1-2-8-7-5-3-4-6-9(7)11-10-8/h5-6H,2-4H2,1H3. The summed E-state index contributed by atoms with van der Waals surface area (Å²) in [6.45, 7) is 2.10. The summed E-state index contributed by atoms with van der Waals surface area (Å²) in [5, 5.41) is 5.20. The number of aryl methyl sites for hydroxylation is 1. The van der Waals surface area contributed by atoms with Gasteiger partial charge in [0.15, 0.2) is 5.42 Å². The van der Waals surface area contributed by atoms with Crippen LogP contribution in [-0.4, -0.2) is 5.16 Å². The maximum absolute atomic E-state index is 5.14. The van der Waals surface area contributed by atoms with Crippen LogP contribution in [-0.2, 0) is 6.42 Å². The maximum Gasteiger partial charge on any atom is 0.162 e. The van der Waals surface area contributed by atoms with Crippen molar-refractivity contribution in [2.45, 2.75) is 26.2 Å². The van der Waals surface area contributed by atoms with Crippen LogP contribution in [0.25, 0.3) is 12.2 Å². The van der Waals surface area contributed by atoms with Gasteiger partial charge in [0.05, 0.1) is 5.69 Å². The van der Waals surface area contributed by atoms with E-state index in [9.17, 15) is 0 Å². The van der Waals surface area contributed by atoms with Gasteiger partial charge in [-0.3, -0.25) is 0 Å². The Morgan fingerprint density at radius 1 is 1.45 bits per heavy atom. The molecular weight excluding hydrogens is 138 g/mol. The van der Waals surface area contributed by atoms with Gasteiger partial charge in [0.2, 0.25) is 0 Å². The number of aromatic nitrogens is 1. The van der Waals surface area contributed by atoms with Gasteiger partial charge in [0.1, 0.15) is 0 Å². The van der Waals surface area contributed by atoms with Crippen molar-refractivity contribution in [3.63, 3.8) is 0 Å². The molecule has 1 heterocycles. The predicted octanol–water partition coefficient (Wildman–Crippen LogP) is 0.592. The molecular formula is C9H11NO. The van der Waals surface area contributed by atoms with Gasteiger partial charge in [-0.1, -0.05) is 18.2 Å². The van der Waals surface area contributed by atoms with E-state index in [0.717, 1.165) is 30.4 Å². The Bertz CT molecular complexity index is 361. The lowest BCUT2D eigenvalue weighted by molar-refractivity contribution is 0.386. The summed E-state index contributed by atoms with van der Waals surface area (Å²) in [6, 6.07) is 0. The van der Waals surface area contributed by atoms with E-state index in [2.05, 4.69) is 24.2 Å². The summed E-state index contributed by atoms with van der Waals surface area (Å²) >= 11 is 0. The van der Waals surface area contributed by atoms with E-state index in [1.54, 1.807) is 0 Å². The summed E-state index contributed by atoms with van der Waals surface area (Å²) < 4.78 is 5.14. The van der Waals surface area contributed by atoms with Crippen LogP contribution < -0.4 is 10.6 Å². The molecule has 0 aliphatic heterocycles. The number of nitrogens with zero attached hydrogens (tertiary/aromatic N) is 1. The first-order chi connectivity index (χ1) is 5.42. The van der Waals surface area contributed by atoms with E-state index in [4.69, 9.17) is 4.52 Å². The molecule has 1 aliphatic rings. The van der Waals surface area contributed by atoms with Crippen molar-refractivity contribution in [1.82, 2.24) is 5.16 Å². The topological polar surface area (TPSA) is 26.0 Å². The van der Waals surface area contributed by atoms with Crippen molar-refractivity contribution >= 4 is 12.2 Å². The first-order valence-electron chi connectivity index (χ1n) is 4.06. The summed E-state index contributed by atoms with van der Waals surface area (Å²) in [4.78, 5) is 0. The Hall–Kier alpha value is -1.05. The molecule has 58 valence electrons. The molecule has 2 rings (SSSR count). The number of fused-ring (bicyclic) bond motifs is 1. The van der Waals surface area contributed by atoms with E-state index in [-0.39, 0.29) is 0 Å². The highest BCUT2D eigenvalue weighted by Crippen LogP contribution is 1.96. The third-order valence-corrected chi connectivity index (χ3v) is 2.01. The lowest BCUT2D eigenvalue weighted by Gasteiger charge is -1.91. The Morgan fingerprint density at radius 2 is 2.27 bits per heavy atom. The smallest absolute Gasteiger partial charge is 0.162 e. The number of hydrogen-bond donors (Lipinski definition) is 0. The van der Waals surface area contributed by atoms with Gasteiger partial charge in [0.25, 0.3) is 0 Å². The highest BCUT2D eigenvalue weighted by Gasteiger charge is 2.03. The molecule has 0 amide bonds. The molecule has 2 nitrogen and oxygen atoms in total. The third kappa shape index (κ3) is 0.985. The van der Waals surface area contributed by atoms with Crippen LogP contribution in [0.4, 0.5) is 0 Å². The molecule has 0 radical (unpaired) electrons. The van der Waals surface area contributed by atoms with Crippen molar-refractivity contribution in [2.75, 3.05) is 0 Å². The summed E-state index contributed by atoms with van der Waals surface area (Å²) in [6.07, 6.45) is 7.50. The predicted molar refractivity (Wildman–Crippen MR) is 43.3 cm³/mol.